The Morgan fingerprint density at radius 1 is 0.812 bits per heavy atom. The Balaban J connectivity index is 1.55. The third-order valence-electron chi connectivity index (χ3n) is 5.80. The molecule has 0 aliphatic heterocycles. The maximum absolute atomic E-state index is 12.3. The summed E-state index contributed by atoms with van der Waals surface area (Å²) in [7, 11) is 0. The van der Waals surface area contributed by atoms with E-state index < -0.39 is 0 Å². The molecule has 2 rings (SSSR count). The van der Waals surface area contributed by atoms with Crippen molar-refractivity contribution in [3.8, 4) is 0 Å². The van der Waals surface area contributed by atoms with Crippen molar-refractivity contribution in [2.24, 2.45) is 0 Å². The van der Waals surface area contributed by atoms with Gasteiger partial charge in [0.25, 0.3) is 0 Å². The lowest BCUT2D eigenvalue weighted by Gasteiger charge is -2.19. The fraction of sp³-hybridized carbons (Fsp3) is 0.615. The third-order valence-corrected chi connectivity index (χ3v) is 5.80. The highest BCUT2D eigenvalue weighted by Crippen LogP contribution is 2.10. The number of hydrogen-bond acceptors (Lipinski definition) is 6. The SMILES string of the molecule is CCCCCCCNC1=CC(=O)C(NCCCCCCN(CC)Cc2ccco2)=CC1=O. The predicted molar refractivity (Wildman–Crippen MR) is 129 cm³/mol. The molecule has 1 heterocycles. The molecule has 1 aliphatic carbocycles. The smallest absolute Gasteiger partial charge is 0.203 e. The number of nitrogens with one attached hydrogen (secondary N) is 2. The van der Waals surface area contributed by atoms with E-state index in [1.807, 2.05) is 12.1 Å². The molecule has 2 N–H and O–H groups in total. The Bertz CT molecular complexity index is 738. The number of nitrogens with zero attached hydrogens (tertiary/aromatic N) is 1. The highest BCUT2D eigenvalue weighted by molar-refractivity contribution is 6.19. The summed E-state index contributed by atoms with van der Waals surface area (Å²) in [5.41, 5.74) is 0.838. The van der Waals surface area contributed by atoms with Gasteiger partial charge in [-0.3, -0.25) is 14.5 Å². The van der Waals surface area contributed by atoms with Crippen LogP contribution in [0.3, 0.4) is 0 Å². The van der Waals surface area contributed by atoms with E-state index in [2.05, 4.69) is 29.4 Å². The quantitative estimate of drug-likeness (QED) is 0.252. The topological polar surface area (TPSA) is 74.6 Å². The summed E-state index contributed by atoms with van der Waals surface area (Å²) in [6.07, 6.45) is 14.8. The summed E-state index contributed by atoms with van der Waals surface area (Å²) >= 11 is 0. The molecule has 1 aliphatic rings. The molecule has 0 amide bonds. The molecule has 0 radical (unpaired) electrons. The Hall–Kier alpha value is -2.34. The van der Waals surface area contributed by atoms with Gasteiger partial charge in [-0.2, -0.15) is 0 Å². The van der Waals surface area contributed by atoms with Crippen LogP contribution in [0.1, 0.15) is 77.4 Å². The summed E-state index contributed by atoms with van der Waals surface area (Å²) in [6, 6.07) is 3.95. The minimum absolute atomic E-state index is 0.114. The number of hydrogen-bond donors (Lipinski definition) is 2. The predicted octanol–water partition coefficient (Wildman–Crippen LogP) is 4.73. The highest BCUT2D eigenvalue weighted by Gasteiger charge is 2.19. The van der Waals surface area contributed by atoms with Gasteiger partial charge in [0.2, 0.25) is 11.6 Å². The second-order valence-corrected chi connectivity index (χ2v) is 8.47. The van der Waals surface area contributed by atoms with E-state index in [0.29, 0.717) is 17.9 Å². The lowest BCUT2D eigenvalue weighted by atomic mass is 10.1. The van der Waals surface area contributed by atoms with E-state index in [-0.39, 0.29) is 11.6 Å². The molecule has 6 heteroatoms. The molecule has 0 bridgehead atoms. The molecule has 0 aromatic carbocycles. The van der Waals surface area contributed by atoms with Gasteiger partial charge in [0, 0.05) is 25.2 Å². The normalized spacial score (nSPS) is 14.0. The molecule has 0 atom stereocenters. The van der Waals surface area contributed by atoms with Crippen molar-refractivity contribution >= 4 is 11.6 Å². The molecule has 0 unspecified atom stereocenters. The fourth-order valence-corrected chi connectivity index (χ4v) is 3.80. The number of ketones is 2. The molecular formula is C26H41N3O3. The van der Waals surface area contributed by atoms with Crippen molar-refractivity contribution in [1.82, 2.24) is 15.5 Å². The van der Waals surface area contributed by atoms with Crippen LogP contribution in [0.5, 0.6) is 0 Å². The molecule has 32 heavy (non-hydrogen) atoms. The van der Waals surface area contributed by atoms with Gasteiger partial charge in [0.05, 0.1) is 24.2 Å². The first-order valence-electron chi connectivity index (χ1n) is 12.4. The van der Waals surface area contributed by atoms with E-state index >= 15 is 0 Å². The molecule has 0 spiro atoms. The Morgan fingerprint density at radius 3 is 1.94 bits per heavy atom. The van der Waals surface area contributed by atoms with Crippen LogP contribution in [-0.2, 0) is 16.1 Å². The van der Waals surface area contributed by atoms with Crippen LogP contribution in [0.15, 0.2) is 46.4 Å². The second kappa shape index (κ2) is 15.5. The lowest BCUT2D eigenvalue weighted by molar-refractivity contribution is -0.115. The average molecular weight is 444 g/mol. The molecule has 0 saturated carbocycles. The van der Waals surface area contributed by atoms with Gasteiger partial charge in [0.15, 0.2) is 0 Å². The van der Waals surface area contributed by atoms with Crippen molar-refractivity contribution in [2.45, 2.75) is 78.2 Å². The largest absolute Gasteiger partial charge is 0.468 e. The van der Waals surface area contributed by atoms with Gasteiger partial charge in [-0.1, -0.05) is 52.4 Å². The van der Waals surface area contributed by atoms with Crippen molar-refractivity contribution < 1.29 is 14.0 Å². The number of carbonyl (C=O) groups excluding carboxylic acids is 2. The van der Waals surface area contributed by atoms with Crippen LogP contribution >= 0.6 is 0 Å². The maximum Gasteiger partial charge on any atom is 0.203 e. The first-order chi connectivity index (χ1) is 15.6. The maximum atomic E-state index is 12.3. The third kappa shape index (κ3) is 9.86. The van der Waals surface area contributed by atoms with Crippen molar-refractivity contribution in [3.05, 3.63) is 47.7 Å². The summed E-state index contributed by atoms with van der Waals surface area (Å²) in [6.45, 7) is 8.74. The van der Waals surface area contributed by atoms with Crippen molar-refractivity contribution in [3.63, 3.8) is 0 Å². The van der Waals surface area contributed by atoms with Gasteiger partial charge in [0.1, 0.15) is 5.76 Å². The second-order valence-electron chi connectivity index (χ2n) is 8.47. The van der Waals surface area contributed by atoms with Gasteiger partial charge in [-0.25, -0.2) is 0 Å². The molecule has 6 nitrogen and oxygen atoms in total. The van der Waals surface area contributed by atoms with E-state index in [1.54, 1.807) is 6.26 Å². The highest BCUT2D eigenvalue weighted by atomic mass is 16.3. The molecule has 1 aromatic rings. The van der Waals surface area contributed by atoms with E-state index in [9.17, 15) is 9.59 Å². The van der Waals surface area contributed by atoms with E-state index in [0.717, 1.165) is 70.5 Å². The Labute approximate surface area is 193 Å². The zero-order valence-corrected chi connectivity index (χ0v) is 20.0. The van der Waals surface area contributed by atoms with E-state index in [4.69, 9.17) is 4.42 Å². The average Bonchev–Trinajstić information content (AvgIpc) is 3.30. The van der Waals surface area contributed by atoms with E-state index in [1.165, 1.54) is 31.4 Å². The van der Waals surface area contributed by atoms with Crippen LogP contribution in [0.2, 0.25) is 0 Å². The molecule has 0 fully saturated rings. The number of rotatable bonds is 18. The molecule has 0 saturated heterocycles. The van der Waals surface area contributed by atoms with Crippen molar-refractivity contribution in [2.75, 3.05) is 26.2 Å². The Morgan fingerprint density at radius 2 is 1.41 bits per heavy atom. The first kappa shape index (κ1) is 25.9. The number of furan rings is 1. The summed E-state index contributed by atoms with van der Waals surface area (Å²) in [5.74, 6) is 0.780. The Kier molecular flexibility index (Phi) is 12.5. The molecule has 1 aromatic heterocycles. The minimum atomic E-state index is -0.116. The first-order valence-corrected chi connectivity index (χ1v) is 12.4. The number of allylic oxidation sites excluding steroid dienone is 2. The summed E-state index contributed by atoms with van der Waals surface area (Å²) in [4.78, 5) is 27.0. The van der Waals surface area contributed by atoms with Crippen molar-refractivity contribution in [1.29, 1.82) is 0 Å². The summed E-state index contributed by atoms with van der Waals surface area (Å²) < 4.78 is 5.43. The van der Waals surface area contributed by atoms with Gasteiger partial charge in [-0.15, -0.1) is 0 Å². The fourth-order valence-electron chi connectivity index (χ4n) is 3.80. The van der Waals surface area contributed by atoms with Gasteiger partial charge >= 0.3 is 0 Å². The zero-order valence-electron chi connectivity index (χ0n) is 20.0. The monoisotopic (exact) mass is 443 g/mol. The lowest BCUT2D eigenvalue weighted by Crippen LogP contribution is -2.30. The van der Waals surface area contributed by atoms with Crippen LogP contribution < -0.4 is 10.6 Å². The van der Waals surface area contributed by atoms with Crippen LogP contribution in [0, 0.1) is 0 Å². The summed E-state index contributed by atoms with van der Waals surface area (Å²) in [5, 5.41) is 6.27. The minimum Gasteiger partial charge on any atom is -0.468 e. The van der Waals surface area contributed by atoms with Crippen LogP contribution in [0.25, 0.3) is 0 Å². The van der Waals surface area contributed by atoms with Gasteiger partial charge in [-0.05, 0) is 44.5 Å². The van der Waals surface area contributed by atoms with Crippen LogP contribution in [-0.4, -0.2) is 42.6 Å². The molecular weight excluding hydrogens is 402 g/mol. The number of unbranched alkanes of at least 4 members (excludes halogenated alkanes) is 7. The standard InChI is InChI=1S/C26H41N3O3/c1-3-5-6-7-10-15-27-23-19-26(31)24(20-25(23)30)28-16-11-8-9-12-17-29(4-2)21-22-14-13-18-32-22/h13-14,18-20,27-28H,3-12,15-17,21H2,1-2H3. The molecule has 178 valence electrons. The van der Waals surface area contributed by atoms with Crippen LogP contribution in [0.4, 0.5) is 0 Å². The van der Waals surface area contributed by atoms with Gasteiger partial charge < -0.3 is 15.1 Å². The zero-order chi connectivity index (χ0) is 23.0. The number of carbonyl (C=O) groups is 2.